The molecular formula is C16H21N3O. The quantitative estimate of drug-likeness (QED) is 0.929. The predicted molar refractivity (Wildman–Crippen MR) is 79.7 cm³/mol. The predicted octanol–water partition coefficient (Wildman–Crippen LogP) is 3.01. The number of rotatable bonds is 4. The molecule has 2 aromatic heterocycles. The van der Waals surface area contributed by atoms with Crippen molar-refractivity contribution in [3.8, 4) is 0 Å². The van der Waals surface area contributed by atoms with Crippen LogP contribution in [0.15, 0.2) is 30.6 Å². The van der Waals surface area contributed by atoms with Crippen LogP contribution in [0.5, 0.6) is 0 Å². The molecule has 0 aliphatic heterocycles. The van der Waals surface area contributed by atoms with Gasteiger partial charge in [-0.15, -0.1) is 0 Å². The number of aryl methyl sites for hydroxylation is 1. The zero-order valence-corrected chi connectivity index (χ0v) is 12.5. The Morgan fingerprint density at radius 2 is 2.15 bits per heavy atom. The fourth-order valence-electron chi connectivity index (χ4n) is 2.58. The van der Waals surface area contributed by atoms with E-state index in [1.54, 1.807) is 12.4 Å². The Kier molecular flexibility index (Phi) is 4.23. The largest absolute Gasteiger partial charge is 0.348 e. The van der Waals surface area contributed by atoms with Crippen molar-refractivity contribution in [3.05, 3.63) is 53.1 Å². The second kappa shape index (κ2) is 5.90. The van der Waals surface area contributed by atoms with Crippen LogP contribution in [0.25, 0.3) is 0 Å². The number of carbonyl (C=O) groups excluding carboxylic acids is 1. The third-order valence-electron chi connectivity index (χ3n) is 3.42. The van der Waals surface area contributed by atoms with Gasteiger partial charge in [-0.3, -0.25) is 9.78 Å². The molecule has 0 radical (unpaired) electrons. The molecule has 2 aromatic rings. The number of nitrogens with one attached hydrogen (secondary N) is 1. The number of hydrogen-bond acceptors (Lipinski definition) is 2. The molecule has 2 rings (SSSR count). The highest BCUT2D eigenvalue weighted by Crippen LogP contribution is 2.20. The minimum absolute atomic E-state index is 0.0335. The summed E-state index contributed by atoms with van der Waals surface area (Å²) in [6.45, 7) is 8.77. The van der Waals surface area contributed by atoms with E-state index in [0.29, 0.717) is 12.6 Å². The highest BCUT2D eigenvalue weighted by atomic mass is 16.1. The molecule has 0 fully saturated rings. The van der Waals surface area contributed by atoms with E-state index in [0.717, 1.165) is 22.5 Å². The second-order valence-corrected chi connectivity index (χ2v) is 5.29. The Hall–Kier alpha value is -2.10. The Morgan fingerprint density at radius 1 is 1.40 bits per heavy atom. The topological polar surface area (TPSA) is 46.9 Å². The van der Waals surface area contributed by atoms with E-state index in [9.17, 15) is 4.79 Å². The molecule has 1 N–H and O–H groups in total. The lowest BCUT2D eigenvalue weighted by Gasteiger charge is -2.13. The van der Waals surface area contributed by atoms with Crippen LogP contribution >= 0.6 is 0 Å². The lowest BCUT2D eigenvalue weighted by molar-refractivity contribution is 0.0950. The van der Waals surface area contributed by atoms with Crippen molar-refractivity contribution in [2.45, 2.75) is 40.3 Å². The number of nitrogens with zero attached hydrogens (tertiary/aromatic N) is 2. The van der Waals surface area contributed by atoms with E-state index in [-0.39, 0.29) is 5.91 Å². The van der Waals surface area contributed by atoms with Gasteiger partial charge in [-0.1, -0.05) is 6.07 Å². The van der Waals surface area contributed by atoms with Gasteiger partial charge in [-0.25, -0.2) is 0 Å². The molecule has 20 heavy (non-hydrogen) atoms. The fraction of sp³-hybridized carbons (Fsp3) is 0.375. The molecule has 0 aliphatic rings. The maximum Gasteiger partial charge on any atom is 0.253 e. The summed E-state index contributed by atoms with van der Waals surface area (Å²) in [4.78, 5) is 16.3. The molecule has 0 unspecified atom stereocenters. The second-order valence-electron chi connectivity index (χ2n) is 5.29. The van der Waals surface area contributed by atoms with Crippen molar-refractivity contribution in [1.29, 1.82) is 0 Å². The van der Waals surface area contributed by atoms with Crippen LogP contribution in [0.1, 0.15) is 47.2 Å². The lowest BCUT2D eigenvalue weighted by Crippen LogP contribution is -2.23. The molecule has 4 nitrogen and oxygen atoms in total. The fourth-order valence-corrected chi connectivity index (χ4v) is 2.58. The van der Waals surface area contributed by atoms with Gasteiger partial charge in [0.05, 0.1) is 5.56 Å². The maximum atomic E-state index is 12.3. The van der Waals surface area contributed by atoms with E-state index in [2.05, 4.69) is 28.7 Å². The summed E-state index contributed by atoms with van der Waals surface area (Å²) < 4.78 is 2.18. The lowest BCUT2D eigenvalue weighted by atomic mass is 10.2. The van der Waals surface area contributed by atoms with E-state index in [1.165, 1.54) is 0 Å². The third kappa shape index (κ3) is 2.90. The van der Waals surface area contributed by atoms with Crippen LogP contribution in [0, 0.1) is 13.8 Å². The number of pyridine rings is 1. The van der Waals surface area contributed by atoms with Crippen molar-refractivity contribution in [1.82, 2.24) is 14.9 Å². The summed E-state index contributed by atoms with van der Waals surface area (Å²) in [5, 5.41) is 2.94. The zero-order valence-electron chi connectivity index (χ0n) is 12.5. The van der Waals surface area contributed by atoms with Gasteiger partial charge in [0.25, 0.3) is 5.91 Å². The van der Waals surface area contributed by atoms with Gasteiger partial charge in [0.1, 0.15) is 0 Å². The van der Waals surface area contributed by atoms with Gasteiger partial charge >= 0.3 is 0 Å². The molecule has 0 saturated heterocycles. The van der Waals surface area contributed by atoms with Crippen LogP contribution in [-0.4, -0.2) is 15.5 Å². The van der Waals surface area contributed by atoms with Crippen molar-refractivity contribution >= 4 is 5.91 Å². The van der Waals surface area contributed by atoms with Gasteiger partial charge in [0, 0.05) is 36.4 Å². The maximum absolute atomic E-state index is 12.3. The Morgan fingerprint density at radius 3 is 2.70 bits per heavy atom. The highest BCUT2D eigenvalue weighted by Gasteiger charge is 2.16. The van der Waals surface area contributed by atoms with E-state index < -0.39 is 0 Å². The SMILES string of the molecule is Cc1cc(C(=O)NCc2cccnc2)c(C)n1C(C)C. The standard InChI is InChI=1S/C16H21N3O/c1-11(2)19-12(3)8-15(13(19)4)16(20)18-10-14-6-5-7-17-9-14/h5-9,11H,10H2,1-4H3,(H,18,20). The summed E-state index contributed by atoms with van der Waals surface area (Å²) >= 11 is 0. The van der Waals surface area contributed by atoms with Crippen molar-refractivity contribution < 1.29 is 4.79 Å². The summed E-state index contributed by atoms with van der Waals surface area (Å²) in [5.74, 6) is -0.0335. The third-order valence-corrected chi connectivity index (χ3v) is 3.42. The summed E-state index contributed by atoms with van der Waals surface area (Å²) in [5.41, 5.74) is 3.88. The van der Waals surface area contributed by atoms with Gasteiger partial charge < -0.3 is 9.88 Å². The molecule has 0 saturated carbocycles. The van der Waals surface area contributed by atoms with E-state index >= 15 is 0 Å². The Bertz CT molecular complexity index is 600. The van der Waals surface area contributed by atoms with Crippen LogP contribution in [-0.2, 0) is 6.54 Å². The molecule has 0 aliphatic carbocycles. The number of aromatic nitrogens is 2. The van der Waals surface area contributed by atoms with Gasteiger partial charge in [0.15, 0.2) is 0 Å². The minimum atomic E-state index is -0.0335. The smallest absolute Gasteiger partial charge is 0.253 e. The molecule has 106 valence electrons. The summed E-state index contributed by atoms with van der Waals surface area (Å²) in [6.07, 6.45) is 3.49. The first kappa shape index (κ1) is 14.3. The average Bonchev–Trinajstić information content (AvgIpc) is 2.72. The molecule has 2 heterocycles. The van der Waals surface area contributed by atoms with Crippen LogP contribution < -0.4 is 5.32 Å². The van der Waals surface area contributed by atoms with Gasteiger partial charge in [0.2, 0.25) is 0 Å². The molecule has 0 bridgehead atoms. The van der Waals surface area contributed by atoms with Crippen molar-refractivity contribution in [2.24, 2.45) is 0 Å². The van der Waals surface area contributed by atoms with Gasteiger partial charge in [-0.2, -0.15) is 0 Å². The van der Waals surface area contributed by atoms with Crippen molar-refractivity contribution in [3.63, 3.8) is 0 Å². The monoisotopic (exact) mass is 271 g/mol. The first-order chi connectivity index (χ1) is 9.50. The molecule has 1 amide bonds. The minimum Gasteiger partial charge on any atom is -0.348 e. The molecule has 0 spiro atoms. The average molecular weight is 271 g/mol. The van der Waals surface area contributed by atoms with E-state index in [1.807, 2.05) is 32.0 Å². The Labute approximate surface area is 119 Å². The Balaban J connectivity index is 2.12. The van der Waals surface area contributed by atoms with Crippen molar-refractivity contribution in [2.75, 3.05) is 0 Å². The normalized spacial score (nSPS) is 10.8. The number of hydrogen-bond donors (Lipinski definition) is 1. The zero-order chi connectivity index (χ0) is 14.7. The van der Waals surface area contributed by atoms with Crippen LogP contribution in [0.2, 0.25) is 0 Å². The molecule has 0 atom stereocenters. The molecular weight excluding hydrogens is 250 g/mol. The first-order valence-electron chi connectivity index (χ1n) is 6.86. The highest BCUT2D eigenvalue weighted by molar-refractivity contribution is 5.95. The number of amides is 1. The van der Waals surface area contributed by atoms with Crippen LogP contribution in [0.4, 0.5) is 0 Å². The summed E-state index contributed by atoms with van der Waals surface area (Å²) in [6, 6.07) is 6.12. The number of carbonyl (C=O) groups is 1. The van der Waals surface area contributed by atoms with Crippen LogP contribution in [0.3, 0.4) is 0 Å². The first-order valence-corrected chi connectivity index (χ1v) is 6.86. The van der Waals surface area contributed by atoms with Gasteiger partial charge in [-0.05, 0) is 45.4 Å². The summed E-state index contributed by atoms with van der Waals surface area (Å²) in [7, 11) is 0. The van der Waals surface area contributed by atoms with E-state index in [4.69, 9.17) is 0 Å². The molecule has 4 heteroatoms. The molecule has 0 aromatic carbocycles.